The molecule has 1 aromatic carbocycles. The molecule has 0 atom stereocenters. The third kappa shape index (κ3) is 3.16. The minimum atomic E-state index is -0.439. The SMILES string of the molecule is C=CCCNC(=O)c1cccc(F)c1Br. The van der Waals surface area contributed by atoms with E-state index in [9.17, 15) is 9.18 Å². The minimum absolute atomic E-state index is 0.195. The molecule has 1 N–H and O–H groups in total. The van der Waals surface area contributed by atoms with Crippen molar-refractivity contribution in [2.24, 2.45) is 0 Å². The molecular formula is C11H11BrFNO. The Bertz CT molecular complexity index is 379. The Labute approximate surface area is 96.3 Å². The first-order valence-corrected chi connectivity index (χ1v) is 5.29. The molecule has 1 rings (SSSR count). The number of hydrogen-bond donors (Lipinski definition) is 1. The molecule has 0 fully saturated rings. The van der Waals surface area contributed by atoms with E-state index < -0.39 is 5.82 Å². The average Bonchev–Trinajstić information content (AvgIpc) is 2.22. The van der Waals surface area contributed by atoms with Crippen molar-refractivity contribution in [2.75, 3.05) is 6.54 Å². The molecule has 0 bridgehead atoms. The molecule has 0 unspecified atom stereocenters. The third-order valence-corrected chi connectivity index (χ3v) is 2.64. The van der Waals surface area contributed by atoms with Crippen molar-refractivity contribution < 1.29 is 9.18 Å². The molecule has 0 heterocycles. The molecule has 80 valence electrons. The van der Waals surface area contributed by atoms with Crippen molar-refractivity contribution in [3.8, 4) is 0 Å². The summed E-state index contributed by atoms with van der Waals surface area (Å²) < 4.78 is 13.3. The van der Waals surface area contributed by atoms with Crippen molar-refractivity contribution in [1.29, 1.82) is 0 Å². The Balaban J connectivity index is 2.73. The summed E-state index contributed by atoms with van der Waals surface area (Å²) in [6.07, 6.45) is 2.40. The quantitative estimate of drug-likeness (QED) is 0.662. The number of halogens is 2. The van der Waals surface area contributed by atoms with Crippen molar-refractivity contribution in [3.05, 3.63) is 46.7 Å². The largest absolute Gasteiger partial charge is 0.352 e. The zero-order chi connectivity index (χ0) is 11.3. The first-order valence-electron chi connectivity index (χ1n) is 4.50. The Morgan fingerprint density at radius 2 is 2.33 bits per heavy atom. The first kappa shape index (κ1) is 11.9. The van der Waals surface area contributed by atoms with Gasteiger partial charge >= 0.3 is 0 Å². The van der Waals surface area contributed by atoms with E-state index in [-0.39, 0.29) is 10.4 Å². The van der Waals surface area contributed by atoms with Gasteiger partial charge in [-0.25, -0.2) is 4.39 Å². The predicted octanol–water partition coefficient (Wildman–Crippen LogP) is 2.89. The highest BCUT2D eigenvalue weighted by molar-refractivity contribution is 9.10. The molecule has 1 aromatic rings. The maximum absolute atomic E-state index is 13.1. The maximum atomic E-state index is 13.1. The average molecular weight is 272 g/mol. The van der Waals surface area contributed by atoms with Gasteiger partial charge in [0, 0.05) is 6.54 Å². The maximum Gasteiger partial charge on any atom is 0.252 e. The summed E-state index contributed by atoms with van der Waals surface area (Å²) in [6.45, 7) is 4.05. The molecule has 15 heavy (non-hydrogen) atoms. The number of benzene rings is 1. The molecule has 0 spiro atoms. The molecule has 4 heteroatoms. The number of carbonyl (C=O) groups excluding carboxylic acids is 1. The summed E-state index contributed by atoms with van der Waals surface area (Å²) in [5.74, 6) is -0.727. The van der Waals surface area contributed by atoms with Crippen LogP contribution in [0.2, 0.25) is 0 Å². The van der Waals surface area contributed by atoms with Crippen LogP contribution in [0.5, 0.6) is 0 Å². The smallest absolute Gasteiger partial charge is 0.252 e. The van der Waals surface area contributed by atoms with Gasteiger partial charge in [-0.15, -0.1) is 6.58 Å². The fraction of sp³-hybridized carbons (Fsp3) is 0.182. The number of nitrogens with one attached hydrogen (secondary N) is 1. The summed E-state index contributed by atoms with van der Waals surface area (Å²) in [6, 6.07) is 4.36. The van der Waals surface area contributed by atoms with Gasteiger partial charge in [-0.1, -0.05) is 12.1 Å². The van der Waals surface area contributed by atoms with Crippen LogP contribution in [-0.4, -0.2) is 12.5 Å². The standard InChI is InChI=1S/C11H11BrFNO/c1-2-3-7-14-11(15)8-5-4-6-9(13)10(8)12/h2,4-6H,1,3,7H2,(H,14,15). The Morgan fingerprint density at radius 3 is 3.00 bits per heavy atom. The second-order valence-electron chi connectivity index (χ2n) is 2.93. The van der Waals surface area contributed by atoms with Crippen molar-refractivity contribution in [1.82, 2.24) is 5.32 Å². The minimum Gasteiger partial charge on any atom is -0.352 e. The molecule has 0 saturated carbocycles. The Kier molecular flexibility index (Phi) is 4.49. The fourth-order valence-electron chi connectivity index (χ4n) is 1.06. The lowest BCUT2D eigenvalue weighted by Crippen LogP contribution is -2.24. The van der Waals surface area contributed by atoms with E-state index in [0.29, 0.717) is 18.5 Å². The molecule has 2 nitrogen and oxygen atoms in total. The molecule has 0 aliphatic carbocycles. The summed E-state index contributed by atoms with van der Waals surface area (Å²) in [5.41, 5.74) is 0.305. The lowest BCUT2D eigenvalue weighted by Gasteiger charge is -2.05. The van der Waals surface area contributed by atoms with E-state index in [1.807, 2.05) is 0 Å². The highest BCUT2D eigenvalue weighted by atomic mass is 79.9. The zero-order valence-corrected chi connectivity index (χ0v) is 9.68. The topological polar surface area (TPSA) is 29.1 Å². The zero-order valence-electron chi connectivity index (χ0n) is 8.09. The van der Waals surface area contributed by atoms with Crippen LogP contribution in [-0.2, 0) is 0 Å². The normalized spacial score (nSPS) is 9.73. The van der Waals surface area contributed by atoms with Crippen LogP contribution >= 0.6 is 15.9 Å². The third-order valence-electron chi connectivity index (χ3n) is 1.83. The number of amides is 1. The highest BCUT2D eigenvalue weighted by Crippen LogP contribution is 2.19. The predicted molar refractivity (Wildman–Crippen MR) is 61.2 cm³/mol. The van der Waals surface area contributed by atoms with Gasteiger partial charge < -0.3 is 5.32 Å². The van der Waals surface area contributed by atoms with Crippen LogP contribution in [0, 0.1) is 5.82 Å². The number of hydrogen-bond acceptors (Lipinski definition) is 1. The van der Waals surface area contributed by atoms with Crippen LogP contribution in [0.25, 0.3) is 0 Å². The monoisotopic (exact) mass is 271 g/mol. The van der Waals surface area contributed by atoms with Crippen LogP contribution in [0.15, 0.2) is 35.3 Å². The van der Waals surface area contributed by atoms with Crippen molar-refractivity contribution >= 4 is 21.8 Å². The number of carbonyl (C=O) groups is 1. The van der Waals surface area contributed by atoms with E-state index >= 15 is 0 Å². The van der Waals surface area contributed by atoms with E-state index in [2.05, 4.69) is 27.8 Å². The summed E-state index contributed by atoms with van der Waals surface area (Å²) in [5, 5.41) is 2.66. The van der Waals surface area contributed by atoms with Crippen molar-refractivity contribution in [2.45, 2.75) is 6.42 Å². The van der Waals surface area contributed by atoms with E-state index in [1.54, 1.807) is 12.1 Å². The Hall–Kier alpha value is -1.16. The van der Waals surface area contributed by atoms with Gasteiger partial charge in [0.1, 0.15) is 5.82 Å². The van der Waals surface area contributed by atoms with Crippen LogP contribution in [0.4, 0.5) is 4.39 Å². The second-order valence-corrected chi connectivity index (χ2v) is 3.73. The van der Waals surface area contributed by atoms with Gasteiger partial charge in [0.15, 0.2) is 0 Å². The molecular weight excluding hydrogens is 261 g/mol. The van der Waals surface area contributed by atoms with Gasteiger partial charge in [-0.3, -0.25) is 4.79 Å². The van der Waals surface area contributed by atoms with Gasteiger partial charge in [0.05, 0.1) is 10.0 Å². The van der Waals surface area contributed by atoms with E-state index in [1.165, 1.54) is 12.1 Å². The lowest BCUT2D eigenvalue weighted by molar-refractivity contribution is 0.0953. The van der Waals surface area contributed by atoms with Gasteiger partial charge in [0.2, 0.25) is 0 Å². The fourth-order valence-corrected chi connectivity index (χ4v) is 1.51. The second kappa shape index (κ2) is 5.66. The van der Waals surface area contributed by atoms with Gasteiger partial charge in [0.25, 0.3) is 5.91 Å². The molecule has 0 radical (unpaired) electrons. The highest BCUT2D eigenvalue weighted by Gasteiger charge is 2.11. The molecule has 0 aromatic heterocycles. The van der Waals surface area contributed by atoms with Gasteiger partial charge in [-0.2, -0.15) is 0 Å². The molecule has 0 aliphatic rings. The van der Waals surface area contributed by atoms with E-state index in [0.717, 1.165) is 0 Å². The van der Waals surface area contributed by atoms with Crippen LogP contribution < -0.4 is 5.32 Å². The summed E-state index contributed by atoms with van der Waals surface area (Å²) in [7, 11) is 0. The van der Waals surface area contributed by atoms with Crippen LogP contribution in [0.1, 0.15) is 16.8 Å². The van der Waals surface area contributed by atoms with Crippen molar-refractivity contribution in [3.63, 3.8) is 0 Å². The lowest BCUT2D eigenvalue weighted by atomic mass is 10.2. The van der Waals surface area contributed by atoms with Gasteiger partial charge in [-0.05, 0) is 34.5 Å². The molecule has 0 aliphatic heterocycles. The Morgan fingerprint density at radius 1 is 1.60 bits per heavy atom. The van der Waals surface area contributed by atoms with E-state index in [4.69, 9.17) is 0 Å². The summed E-state index contributed by atoms with van der Waals surface area (Å²) >= 11 is 3.03. The first-order chi connectivity index (χ1) is 7.16. The molecule has 0 saturated heterocycles. The number of rotatable bonds is 4. The summed E-state index contributed by atoms with van der Waals surface area (Å²) in [4.78, 5) is 11.6. The van der Waals surface area contributed by atoms with Crippen LogP contribution in [0.3, 0.4) is 0 Å². The molecule has 1 amide bonds.